The molecule has 1 heterocycles. The van der Waals surface area contributed by atoms with Crippen molar-refractivity contribution in [2.75, 3.05) is 11.9 Å². The summed E-state index contributed by atoms with van der Waals surface area (Å²) in [6.07, 6.45) is -2.03. The molecule has 0 amide bonds. The molecule has 0 aliphatic heterocycles. The minimum absolute atomic E-state index is 0.0856. The normalized spacial score (nSPS) is 14.2. The Morgan fingerprint density at radius 1 is 1.25 bits per heavy atom. The van der Waals surface area contributed by atoms with Gasteiger partial charge in [0.2, 0.25) is 0 Å². The zero-order valence-electron chi connectivity index (χ0n) is 15.7. The number of nitrogens with zero attached hydrogens (tertiary/aromatic N) is 2. The van der Waals surface area contributed by atoms with Gasteiger partial charge in [-0.3, -0.25) is 4.68 Å². The first kappa shape index (κ1) is 21.1. The lowest BCUT2D eigenvalue weighted by Crippen LogP contribution is -2.30. The van der Waals surface area contributed by atoms with Gasteiger partial charge < -0.3 is 10.6 Å². The number of anilines is 1. The van der Waals surface area contributed by atoms with Gasteiger partial charge in [-0.15, -0.1) is 0 Å². The zero-order chi connectivity index (χ0) is 20.5. The molecule has 4 nitrogen and oxygen atoms in total. The van der Waals surface area contributed by atoms with Gasteiger partial charge in [-0.05, 0) is 84.5 Å². The smallest absolute Gasteiger partial charge is 0.362 e. The maximum atomic E-state index is 13.1. The third-order valence-corrected chi connectivity index (χ3v) is 5.50. The number of hydrogen-bond acceptors (Lipinski definition) is 2. The molecule has 0 atom stereocenters. The number of alkyl halides is 3. The van der Waals surface area contributed by atoms with Gasteiger partial charge in [0.05, 0.1) is 10.2 Å². The van der Waals surface area contributed by atoms with E-state index in [1.807, 2.05) is 26.0 Å². The average molecular weight is 475 g/mol. The Morgan fingerprint density at radius 3 is 2.46 bits per heavy atom. The van der Waals surface area contributed by atoms with Crippen LogP contribution in [0.3, 0.4) is 0 Å². The summed E-state index contributed by atoms with van der Waals surface area (Å²) >= 11 is 8.41. The van der Waals surface area contributed by atoms with Crippen molar-refractivity contribution >= 4 is 38.9 Å². The van der Waals surface area contributed by atoms with Crippen molar-refractivity contribution in [2.24, 2.45) is 0 Å². The van der Waals surface area contributed by atoms with E-state index in [1.165, 1.54) is 4.68 Å². The van der Waals surface area contributed by atoms with Gasteiger partial charge in [-0.25, -0.2) is 0 Å². The number of benzene rings is 1. The molecule has 2 aromatic rings. The Labute approximate surface area is 176 Å². The molecule has 0 spiro atoms. The van der Waals surface area contributed by atoms with Crippen LogP contribution in [0.25, 0.3) is 0 Å². The van der Waals surface area contributed by atoms with Gasteiger partial charge in [0.1, 0.15) is 0 Å². The average Bonchev–Trinajstić information content (AvgIpc) is 3.33. The van der Waals surface area contributed by atoms with Crippen molar-refractivity contribution in [2.45, 2.75) is 51.7 Å². The van der Waals surface area contributed by atoms with E-state index in [0.29, 0.717) is 30.3 Å². The van der Waals surface area contributed by atoms with E-state index in [1.54, 1.807) is 0 Å². The lowest BCUT2D eigenvalue weighted by atomic mass is 10.1. The Kier molecular flexibility index (Phi) is 6.34. The molecule has 0 bridgehead atoms. The molecule has 1 aromatic carbocycles. The number of aryl methyl sites for hydroxylation is 3. The summed E-state index contributed by atoms with van der Waals surface area (Å²) in [7, 11) is 0. The Balaban J connectivity index is 1.54. The molecule has 152 valence electrons. The molecule has 3 rings (SSSR count). The first-order chi connectivity index (χ1) is 13.1. The van der Waals surface area contributed by atoms with Gasteiger partial charge in [-0.2, -0.15) is 18.3 Å². The molecule has 0 unspecified atom stereocenters. The molecular weight excluding hydrogens is 453 g/mol. The maximum absolute atomic E-state index is 13.1. The van der Waals surface area contributed by atoms with Crippen LogP contribution in [0.4, 0.5) is 18.9 Å². The lowest BCUT2D eigenvalue weighted by Gasteiger charge is -2.12. The van der Waals surface area contributed by atoms with Gasteiger partial charge in [0.15, 0.2) is 10.8 Å². The van der Waals surface area contributed by atoms with Crippen LogP contribution in [0.1, 0.15) is 47.7 Å². The van der Waals surface area contributed by atoms with E-state index in [2.05, 4.69) is 37.7 Å². The van der Waals surface area contributed by atoms with Crippen LogP contribution in [0.5, 0.6) is 0 Å². The van der Waals surface area contributed by atoms with Crippen molar-refractivity contribution < 1.29 is 13.2 Å². The van der Waals surface area contributed by atoms with Crippen LogP contribution < -0.4 is 10.6 Å². The second kappa shape index (κ2) is 8.41. The monoisotopic (exact) mass is 474 g/mol. The summed E-state index contributed by atoms with van der Waals surface area (Å²) < 4.78 is 41.0. The summed E-state index contributed by atoms with van der Waals surface area (Å²) in [4.78, 5) is 0. The quantitative estimate of drug-likeness (QED) is 0.426. The van der Waals surface area contributed by atoms with Crippen LogP contribution in [0.2, 0.25) is 0 Å². The predicted octanol–water partition coefficient (Wildman–Crippen LogP) is 5.54. The van der Waals surface area contributed by atoms with E-state index in [9.17, 15) is 13.2 Å². The van der Waals surface area contributed by atoms with E-state index in [-0.39, 0.29) is 10.4 Å². The molecule has 9 heteroatoms. The highest BCUT2D eigenvalue weighted by atomic mass is 79.9. The molecule has 28 heavy (non-hydrogen) atoms. The third kappa shape index (κ3) is 5.26. The van der Waals surface area contributed by atoms with Crippen LogP contribution in [0, 0.1) is 13.8 Å². The summed E-state index contributed by atoms with van der Waals surface area (Å²) in [5.41, 5.74) is 3.01. The minimum atomic E-state index is -4.45. The molecule has 1 fully saturated rings. The highest BCUT2D eigenvalue weighted by Gasteiger charge is 2.41. The SMILES string of the molecule is Cc1cc(C)cc(NC(=S)NCCCn2nc(C(F)(F)F)c(Br)c2C2CC2)c1. The molecule has 1 aliphatic rings. The first-order valence-electron chi connectivity index (χ1n) is 9.11. The standard InChI is InChI=1S/C19H22BrF3N4S/c1-11-8-12(2)10-14(9-11)25-18(28)24-6-3-7-27-16(13-4-5-13)15(20)17(26-27)19(21,22)23/h8-10,13H,3-7H2,1-2H3,(H2,24,25,28). The number of hydrogen-bond donors (Lipinski definition) is 2. The number of halogens is 4. The molecule has 1 saturated carbocycles. The lowest BCUT2D eigenvalue weighted by molar-refractivity contribution is -0.142. The van der Waals surface area contributed by atoms with Crippen LogP contribution in [-0.4, -0.2) is 21.4 Å². The molecule has 0 saturated heterocycles. The van der Waals surface area contributed by atoms with Crippen molar-refractivity contribution in [3.63, 3.8) is 0 Å². The highest BCUT2D eigenvalue weighted by molar-refractivity contribution is 9.10. The van der Waals surface area contributed by atoms with E-state index in [4.69, 9.17) is 12.2 Å². The predicted molar refractivity (Wildman–Crippen MR) is 112 cm³/mol. The van der Waals surface area contributed by atoms with Gasteiger partial charge in [0.25, 0.3) is 0 Å². The largest absolute Gasteiger partial charge is 0.436 e. The topological polar surface area (TPSA) is 41.9 Å². The number of nitrogens with one attached hydrogen (secondary N) is 2. The zero-order valence-corrected chi connectivity index (χ0v) is 18.1. The van der Waals surface area contributed by atoms with Crippen LogP contribution >= 0.6 is 28.1 Å². The van der Waals surface area contributed by atoms with Crippen LogP contribution in [-0.2, 0) is 12.7 Å². The number of rotatable bonds is 6. The molecule has 1 aromatic heterocycles. The first-order valence-corrected chi connectivity index (χ1v) is 10.3. The van der Waals surface area contributed by atoms with E-state index in [0.717, 1.165) is 29.7 Å². The van der Waals surface area contributed by atoms with Crippen molar-refractivity contribution in [3.05, 3.63) is 45.2 Å². The Morgan fingerprint density at radius 2 is 1.89 bits per heavy atom. The maximum Gasteiger partial charge on any atom is 0.436 e. The Bertz CT molecular complexity index is 855. The number of thiocarbonyl (C=S) groups is 1. The third-order valence-electron chi connectivity index (χ3n) is 4.48. The summed E-state index contributed by atoms with van der Waals surface area (Å²) in [6.45, 7) is 4.98. The van der Waals surface area contributed by atoms with Gasteiger partial charge in [-0.1, -0.05) is 6.07 Å². The summed E-state index contributed by atoms with van der Waals surface area (Å²) in [5.74, 6) is 0.165. The van der Waals surface area contributed by atoms with E-state index >= 15 is 0 Å². The Hall–Kier alpha value is -1.61. The van der Waals surface area contributed by atoms with Crippen molar-refractivity contribution in [1.82, 2.24) is 15.1 Å². The van der Waals surface area contributed by atoms with Crippen molar-refractivity contribution in [3.8, 4) is 0 Å². The van der Waals surface area contributed by atoms with Gasteiger partial charge >= 0.3 is 6.18 Å². The molecule has 2 N–H and O–H groups in total. The molecule has 0 radical (unpaired) electrons. The second-order valence-electron chi connectivity index (χ2n) is 7.15. The second-order valence-corrected chi connectivity index (χ2v) is 8.36. The fourth-order valence-electron chi connectivity index (χ4n) is 3.20. The summed E-state index contributed by atoms with van der Waals surface area (Å²) in [6, 6.07) is 6.09. The van der Waals surface area contributed by atoms with Gasteiger partial charge in [0, 0.05) is 24.7 Å². The minimum Gasteiger partial charge on any atom is -0.362 e. The fraction of sp³-hybridized carbons (Fsp3) is 0.474. The number of aromatic nitrogens is 2. The van der Waals surface area contributed by atoms with Crippen LogP contribution in [0.15, 0.2) is 22.7 Å². The highest BCUT2D eigenvalue weighted by Crippen LogP contribution is 2.46. The molecular formula is C19H22BrF3N4S. The molecule has 1 aliphatic carbocycles. The van der Waals surface area contributed by atoms with Crippen molar-refractivity contribution in [1.29, 1.82) is 0 Å². The fourth-order valence-corrected chi connectivity index (χ4v) is 4.26. The summed E-state index contributed by atoms with van der Waals surface area (Å²) in [5, 5.41) is 10.5. The van der Waals surface area contributed by atoms with E-state index < -0.39 is 11.9 Å².